The molecular weight excluding hydrogens is 358 g/mol. The van der Waals surface area contributed by atoms with Gasteiger partial charge in [-0.15, -0.1) is 0 Å². The van der Waals surface area contributed by atoms with Crippen molar-refractivity contribution in [2.24, 2.45) is 5.92 Å². The van der Waals surface area contributed by atoms with Gasteiger partial charge in [-0.25, -0.2) is 0 Å². The number of esters is 1. The molecule has 1 aliphatic carbocycles. The molecular formula is C9H12NO2Tl. The third kappa shape index (κ3) is 1.81. The minimum absolute atomic E-state index is 0.0255. The van der Waals surface area contributed by atoms with E-state index in [1.165, 1.54) is 25.5 Å². The third-order valence-electron chi connectivity index (χ3n) is 2.66. The van der Waals surface area contributed by atoms with Crippen molar-refractivity contribution in [2.45, 2.75) is 18.9 Å². The van der Waals surface area contributed by atoms with E-state index < -0.39 is 0 Å². The molecule has 0 aromatic heterocycles. The van der Waals surface area contributed by atoms with Crippen LogP contribution in [0.3, 0.4) is 0 Å². The Hall–Kier alpha value is 0.0921. The maximum absolute atomic E-state index is 11.5. The van der Waals surface area contributed by atoms with Crippen molar-refractivity contribution in [3.63, 3.8) is 0 Å². The predicted molar refractivity (Wildman–Crippen MR) is 49.1 cm³/mol. The summed E-state index contributed by atoms with van der Waals surface area (Å²) in [6.45, 7) is 0.955. The van der Waals surface area contributed by atoms with Crippen LogP contribution >= 0.6 is 0 Å². The molecule has 0 aromatic rings. The molecule has 0 N–H and O–H groups in total. The summed E-state index contributed by atoms with van der Waals surface area (Å²) < 4.78 is 7.03. The summed E-state index contributed by atoms with van der Waals surface area (Å²) in [5.74, 6) is 0.617. The van der Waals surface area contributed by atoms with Gasteiger partial charge in [-0.1, -0.05) is 0 Å². The van der Waals surface area contributed by atoms with Gasteiger partial charge in [0.1, 0.15) is 0 Å². The van der Waals surface area contributed by atoms with Crippen LogP contribution in [-0.4, -0.2) is 54.4 Å². The van der Waals surface area contributed by atoms with Crippen molar-refractivity contribution in [1.29, 1.82) is 0 Å². The summed E-state index contributed by atoms with van der Waals surface area (Å²) >= 11 is 0.724. The molecule has 2 aliphatic rings. The molecule has 2 rings (SSSR count). The molecule has 0 radical (unpaired) electrons. The van der Waals surface area contributed by atoms with Gasteiger partial charge < -0.3 is 0 Å². The molecule has 4 heteroatoms. The molecule has 13 heavy (non-hydrogen) atoms. The van der Waals surface area contributed by atoms with Crippen LogP contribution in [0.15, 0.2) is 11.6 Å². The van der Waals surface area contributed by atoms with Crippen LogP contribution in [0.5, 0.6) is 0 Å². The van der Waals surface area contributed by atoms with Gasteiger partial charge in [0, 0.05) is 0 Å². The van der Waals surface area contributed by atoms with Gasteiger partial charge in [-0.3, -0.25) is 0 Å². The van der Waals surface area contributed by atoms with E-state index in [9.17, 15) is 4.79 Å². The van der Waals surface area contributed by atoms with E-state index in [4.69, 9.17) is 4.74 Å². The fraction of sp³-hybridized carbons (Fsp3) is 0.667. The number of methoxy groups -OCH3 is 1. The number of nitrogens with zero attached hydrogens (tertiary/aromatic N) is 1. The Balaban J connectivity index is 2.12. The van der Waals surface area contributed by atoms with E-state index in [-0.39, 0.29) is 12.0 Å². The van der Waals surface area contributed by atoms with Crippen molar-refractivity contribution in [1.82, 2.24) is 2.71 Å². The van der Waals surface area contributed by atoms with Crippen LogP contribution in [-0.2, 0) is 9.53 Å². The molecule has 1 atom stereocenters. The monoisotopic (exact) mass is 371 g/mol. The van der Waals surface area contributed by atoms with Crippen molar-refractivity contribution < 1.29 is 9.53 Å². The second-order valence-electron chi connectivity index (χ2n) is 3.60. The van der Waals surface area contributed by atoms with Gasteiger partial charge in [0.05, 0.1) is 0 Å². The molecule has 0 bridgehead atoms. The van der Waals surface area contributed by atoms with Crippen LogP contribution in [0, 0.1) is 5.92 Å². The first kappa shape index (κ1) is 9.64. The SMILES string of the molecule is COC(=O)[C@@H]1C(C2CC2)=CC[N]1[Tl]. The molecule has 1 saturated carbocycles. The molecule has 0 spiro atoms. The standard InChI is InChI=1S/C9H12NO2.Tl/c1-12-9(11)8-7(4-5-10-8)6-2-3-6;/h4,6,8H,2-3,5H2,1H3;/q-1;+1/t8-;/m0./s1. The van der Waals surface area contributed by atoms with E-state index in [1.54, 1.807) is 0 Å². The molecule has 1 fully saturated rings. The first-order chi connectivity index (χ1) is 6.24. The van der Waals surface area contributed by atoms with E-state index in [1.807, 2.05) is 0 Å². The van der Waals surface area contributed by atoms with Crippen molar-refractivity contribution in [3.8, 4) is 0 Å². The number of rotatable bonds is 2. The van der Waals surface area contributed by atoms with Gasteiger partial charge in [0.25, 0.3) is 0 Å². The van der Waals surface area contributed by atoms with Gasteiger partial charge in [0.15, 0.2) is 0 Å². The van der Waals surface area contributed by atoms with Crippen molar-refractivity contribution in [2.75, 3.05) is 13.7 Å². The summed E-state index contributed by atoms with van der Waals surface area (Å²) in [5.41, 5.74) is 1.33. The average molecular weight is 371 g/mol. The summed E-state index contributed by atoms with van der Waals surface area (Å²) in [4.78, 5) is 11.5. The van der Waals surface area contributed by atoms with Crippen LogP contribution in [0.2, 0.25) is 0 Å². The van der Waals surface area contributed by atoms with Gasteiger partial charge >= 0.3 is 94.4 Å². The molecule has 1 aliphatic heterocycles. The van der Waals surface area contributed by atoms with E-state index in [2.05, 4.69) is 8.79 Å². The summed E-state index contributed by atoms with van der Waals surface area (Å²) in [6.07, 6.45) is 4.74. The zero-order valence-electron chi connectivity index (χ0n) is 7.69. The van der Waals surface area contributed by atoms with E-state index in [0.29, 0.717) is 5.92 Å². The number of ether oxygens (including phenoxy) is 1. The number of carbonyl (C=O) groups is 1. The summed E-state index contributed by atoms with van der Waals surface area (Å²) in [5, 5.41) is 0. The van der Waals surface area contributed by atoms with Crippen LogP contribution in [0.4, 0.5) is 0 Å². The first-order valence-corrected chi connectivity index (χ1v) is 6.54. The number of hydrogen-bond acceptors (Lipinski definition) is 3. The number of hydrogen-bond donors (Lipinski definition) is 0. The normalized spacial score (nSPS) is 28.6. The molecule has 68 valence electrons. The zero-order valence-corrected chi connectivity index (χ0v) is 12.2. The van der Waals surface area contributed by atoms with Crippen LogP contribution in [0.1, 0.15) is 12.8 Å². The number of carbonyl (C=O) groups excluding carboxylic acids is 1. The molecule has 0 saturated heterocycles. The first-order valence-electron chi connectivity index (χ1n) is 4.53. The predicted octanol–water partition coefficient (Wildman–Crippen LogP) is 0.263. The molecule has 0 amide bonds. The molecule has 1 heterocycles. The Labute approximate surface area is 94.2 Å². The fourth-order valence-electron chi connectivity index (χ4n) is 1.81. The molecule has 0 unspecified atom stereocenters. The summed E-state index contributed by atoms with van der Waals surface area (Å²) in [7, 11) is 1.48. The van der Waals surface area contributed by atoms with Crippen LogP contribution < -0.4 is 0 Å². The Morgan fingerprint density at radius 2 is 2.38 bits per heavy atom. The van der Waals surface area contributed by atoms with Gasteiger partial charge in [-0.05, 0) is 0 Å². The van der Waals surface area contributed by atoms with E-state index >= 15 is 0 Å². The Bertz CT molecular complexity index is 260. The second kappa shape index (κ2) is 3.69. The fourth-order valence-corrected chi connectivity index (χ4v) is 3.36. The molecule has 0 aromatic carbocycles. The zero-order chi connectivity index (χ0) is 9.42. The van der Waals surface area contributed by atoms with Crippen molar-refractivity contribution >= 4 is 32.0 Å². The van der Waals surface area contributed by atoms with Gasteiger partial charge in [0.2, 0.25) is 0 Å². The maximum atomic E-state index is 11.5. The molecule has 3 nitrogen and oxygen atoms in total. The summed E-state index contributed by atoms with van der Waals surface area (Å²) in [6, 6.07) is -0.0255. The van der Waals surface area contributed by atoms with Crippen LogP contribution in [0.25, 0.3) is 0 Å². The Morgan fingerprint density at radius 1 is 1.69 bits per heavy atom. The third-order valence-corrected chi connectivity index (χ3v) is 4.64. The quantitative estimate of drug-likeness (QED) is 0.397. The van der Waals surface area contributed by atoms with Gasteiger partial charge in [-0.2, -0.15) is 0 Å². The van der Waals surface area contributed by atoms with E-state index in [0.717, 1.165) is 32.6 Å². The average Bonchev–Trinajstić information content (AvgIpc) is 2.89. The van der Waals surface area contributed by atoms with Crippen molar-refractivity contribution in [3.05, 3.63) is 11.6 Å². The Kier molecular flexibility index (Phi) is 2.73. The second-order valence-corrected chi connectivity index (χ2v) is 6.18. The Morgan fingerprint density at radius 3 is 2.92 bits per heavy atom. The minimum atomic E-state index is -0.0712. The topological polar surface area (TPSA) is 29.5 Å².